The minimum atomic E-state index is 0.463. The number of pyridine rings is 1. The molecule has 3 aromatic heterocycles. The molecule has 6 aromatic rings. The highest BCUT2D eigenvalue weighted by Crippen LogP contribution is 2.43. The number of fused-ring (bicyclic) bond motifs is 7. The van der Waals surface area contributed by atoms with Gasteiger partial charge in [-0.3, -0.25) is 4.98 Å². The first kappa shape index (κ1) is 16.8. The molecule has 140 valence electrons. The van der Waals surface area contributed by atoms with Gasteiger partial charge in [0.05, 0.1) is 5.69 Å². The normalized spacial score (nSPS) is 12.1. The van der Waals surface area contributed by atoms with E-state index in [4.69, 9.17) is 4.42 Å². The molecule has 0 saturated carbocycles. The van der Waals surface area contributed by atoms with Crippen LogP contribution in [0.25, 0.3) is 53.4 Å². The van der Waals surface area contributed by atoms with E-state index in [0.29, 0.717) is 5.92 Å². The lowest BCUT2D eigenvalue weighted by atomic mass is 10.0. The van der Waals surface area contributed by atoms with Crippen molar-refractivity contribution in [1.82, 2.24) is 4.98 Å². The van der Waals surface area contributed by atoms with E-state index in [1.807, 2.05) is 17.5 Å². The summed E-state index contributed by atoms with van der Waals surface area (Å²) in [6, 6.07) is 23.6. The van der Waals surface area contributed by atoms with E-state index in [0.717, 1.165) is 27.8 Å². The number of hydrogen-bond acceptors (Lipinski definition) is 3. The van der Waals surface area contributed by atoms with Crippen LogP contribution in [0, 0.1) is 0 Å². The molecule has 0 bridgehead atoms. The van der Waals surface area contributed by atoms with E-state index in [2.05, 4.69) is 85.6 Å². The number of hydrogen-bond donors (Lipinski definition) is 0. The predicted octanol–water partition coefficient (Wildman–Crippen LogP) is 8.14. The van der Waals surface area contributed by atoms with E-state index < -0.39 is 0 Å². The Labute approximate surface area is 172 Å². The van der Waals surface area contributed by atoms with Crippen LogP contribution in [-0.4, -0.2) is 4.98 Å². The Hall–Kier alpha value is -3.17. The van der Waals surface area contributed by atoms with Crippen LogP contribution in [0.2, 0.25) is 0 Å². The number of aromatic nitrogens is 1. The Balaban J connectivity index is 1.70. The maximum absolute atomic E-state index is 6.41. The topological polar surface area (TPSA) is 26.0 Å². The molecule has 3 aromatic carbocycles. The van der Waals surface area contributed by atoms with Crippen molar-refractivity contribution in [2.45, 2.75) is 19.8 Å². The van der Waals surface area contributed by atoms with Crippen molar-refractivity contribution in [3.8, 4) is 11.3 Å². The summed E-state index contributed by atoms with van der Waals surface area (Å²) in [4.78, 5) is 4.65. The maximum Gasteiger partial charge on any atom is 0.144 e. The fraction of sp³-hybridized carbons (Fsp3) is 0.115. The minimum Gasteiger partial charge on any atom is -0.455 e. The highest BCUT2D eigenvalue weighted by molar-refractivity contribution is 7.26. The van der Waals surface area contributed by atoms with Crippen LogP contribution in [0.15, 0.2) is 77.3 Å². The average Bonchev–Trinajstić information content (AvgIpc) is 3.31. The summed E-state index contributed by atoms with van der Waals surface area (Å²) in [6.45, 7) is 4.41. The van der Waals surface area contributed by atoms with Gasteiger partial charge < -0.3 is 4.42 Å². The van der Waals surface area contributed by atoms with Crippen LogP contribution in [0.4, 0.5) is 0 Å². The van der Waals surface area contributed by atoms with Crippen molar-refractivity contribution >= 4 is 53.4 Å². The summed E-state index contributed by atoms with van der Waals surface area (Å²) in [6.07, 6.45) is 1.90. The Morgan fingerprint density at radius 3 is 2.62 bits per heavy atom. The van der Waals surface area contributed by atoms with E-state index in [-0.39, 0.29) is 0 Å². The molecule has 0 aliphatic heterocycles. The molecule has 2 nitrogen and oxygen atoms in total. The van der Waals surface area contributed by atoms with Gasteiger partial charge in [0, 0.05) is 42.7 Å². The van der Waals surface area contributed by atoms with Crippen molar-refractivity contribution in [3.63, 3.8) is 0 Å². The summed E-state index contributed by atoms with van der Waals surface area (Å²) >= 11 is 1.84. The van der Waals surface area contributed by atoms with Crippen LogP contribution in [0.3, 0.4) is 0 Å². The van der Waals surface area contributed by atoms with Crippen molar-refractivity contribution in [3.05, 3.63) is 78.5 Å². The first-order valence-electron chi connectivity index (χ1n) is 9.92. The Kier molecular flexibility index (Phi) is 3.56. The van der Waals surface area contributed by atoms with Gasteiger partial charge in [-0.2, -0.15) is 0 Å². The van der Waals surface area contributed by atoms with Crippen molar-refractivity contribution in [2.24, 2.45) is 0 Å². The quantitative estimate of drug-likeness (QED) is 0.297. The highest BCUT2D eigenvalue weighted by atomic mass is 32.1. The third kappa shape index (κ3) is 2.44. The molecule has 29 heavy (non-hydrogen) atoms. The van der Waals surface area contributed by atoms with Crippen LogP contribution in [0.5, 0.6) is 0 Å². The lowest BCUT2D eigenvalue weighted by Crippen LogP contribution is -1.90. The number of para-hydroxylation sites is 1. The van der Waals surface area contributed by atoms with Gasteiger partial charge >= 0.3 is 0 Å². The monoisotopic (exact) mass is 393 g/mol. The standard InChI is InChI=1S/C26H19NOS/c1-15(2)16-12-13-27-21(14-16)19-7-5-8-20-24-22(28-25(19)20)11-10-18-17-6-3-4-9-23(17)29-26(18)24/h3-15H,1-2H3. The summed E-state index contributed by atoms with van der Waals surface area (Å²) < 4.78 is 9.02. The zero-order valence-corrected chi connectivity index (χ0v) is 17.1. The minimum absolute atomic E-state index is 0.463. The molecule has 0 amide bonds. The molecule has 0 unspecified atom stereocenters. The SMILES string of the molecule is CC(C)c1ccnc(-c2cccc3c2oc2ccc4c5ccccc5sc4c23)c1. The fourth-order valence-electron chi connectivity index (χ4n) is 4.22. The Bertz CT molecular complexity index is 1540. The smallest absolute Gasteiger partial charge is 0.144 e. The van der Waals surface area contributed by atoms with Gasteiger partial charge in [-0.25, -0.2) is 0 Å². The Morgan fingerprint density at radius 1 is 0.862 bits per heavy atom. The number of benzene rings is 3. The number of nitrogens with zero attached hydrogens (tertiary/aromatic N) is 1. The van der Waals surface area contributed by atoms with Crippen LogP contribution < -0.4 is 0 Å². The van der Waals surface area contributed by atoms with Crippen LogP contribution >= 0.6 is 11.3 Å². The lowest BCUT2D eigenvalue weighted by Gasteiger charge is -2.07. The van der Waals surface area contributed by atoms with Crippen molar-refractivity contribution in [2.75, 3.05) is 0 Å². The molecule has 0 radical (unpaired) electrons. The predicted molar refractivity (Wildman–Crippen MR) is 124 cm³/mol. The van der Waals surface area contributed by atoms with Gasteiger partial charge in [0.25, 0.3) is 0 Å². The van der Waals surface area contributed by atoms with E-state index in [1.54, 1.807) is 0 Å². The molecule has 3 heterocycles. The second-order valence-corrected chi connectivity index (χ2v) is 8.88. The van der Waals surface area contributed by atoms with Crippen LogP contribution in [0.1, 0.15) is 25.3 Å². The first-order chi connectivity index (χ1) is 14.2. The van der Waals surface area contributed by atoms with Gasteiger partial charge in [-0.05, 0) is 47.9 Å². The first-order valence-corrected chi connectivity index (χ1v) is 10.7. The summed E-state index contributed by atoms with van der Waals surface area (Å²) in [7, 11) is 0. The van der Waals surface area contributed by atoms with E-state index in [9.17, 15) is 0 Å². The number of furan rings is 1. The number of thiophene rings is 1. The van der Waals surface area contributed by atoms with Gasteiger partial charge in [0.1, 0.15) is 11.2 Å². The summed E-state index contributed by atoms with van der Waals surface area (Å²) in [5.74, 6) is 0.463. The van der Waals surface area contributed by atoms with Crippen molar-refractivity contribution in [1.29, 1.82) is 0 Å². The fourth-order valence-corrected chi connectivity index (χ4v) is 5.47. The molecule has 0 spiro atoms. The average molecular weight is 394 g/mol. The van der Waals surface area contributed by atoms with Crippen molar-refractivity contribution < 1.29 is 4.42 Å². The zero-order chi connectivity index (χ0) is 19.5. The largest absolute Gasteiger partial charge is 0.455 e. The maximum atomic E-state index is 6.41. The zero-order valence-electron chi connectivity index (χ0n) is 16.3. The van der Waals surface area contributed by atoms with Gasteiger partial charge in [-0.1, -0.05) is 44.2 Å². The molecular weight excluding hydrogens is 374 g/mol. The summed E-state index contributed by atoms with van der Waals surface area (Å²) in [5.41, 5.74) is 5.16. The molecule has 3 heteroatoms. The lowest BCUT2D eigenvalue weighted by molar-refractivity contribution is 0.670. The van der Waals surface area contributed by atoms with Crippen LogP contribution in [-0.2, 0) is 0 Å². The number of rotatable bonds is 2. The van der Waals surface area contributed by atoms with E-state index in [1.165, 1.54) is 31.1 Å². The molecule has 0 saturated heterocycles. The van der Waals surface area contributed by atoms with Gasteiger partial charge in [0.2, 0.25) is 0 Å². The molecule has 0 N–H and O–H groups in total. The molecule has 6 rings (SSSR count). The Morgan fingerprint density at radius 2 is 1.72 bits per heavy atom. The second kappa shape index (κ2) is 6.16. The third-order valence-corrected chi connectivity index (χ3v) is 6.94. The molecule has 0 aliphatic rings. The molecule has 0 fully saturated rings. The molecule has 0 aliphatic carbocycles. The molecular formula is C26H19NOS. The highest BCUT2D eigenvalue weighted by Gasteiger charge is 2.17. The van der Waals surface area contributed by atoms with Gasteiger partial charge in [0.15, 0.2) is 0 Å². The van der Waals surface area contributed by atoms with E-state index >= 15 is 0 Å². The third-order valence-electron chi connectivity index (χ3n) is 5.73. The van der Waals surface area contributed by atoms with Gasteiger partial charge in [-0.15, -0.1) is 11.3 Å². The molecule has 0 atom stereocenters. The summed E-state index contributed by atoms with van der Waals surface area (Å²) in [5, 5.41) is 4.98. The second-order valence-electron chi connectivity index (χ2n) is 7.83.